The molecule has 1 N–H and O–H groups in total. The maximum atomic E-state index is 12.3. The molecular weight excluding hydrogens is 270 g/mol. The van der Waals surface area contributed by atoms with Gasteiger partial charge in [-0.25, -0.2) is 12.7 Å². The Kier molecular flexibility index (Phi) is 5.33. The zero-order chi connectivity index (χ0) is 13.9. The number of nitrogens with zero attached hydrogens (tertiary/aromatic N) is 1. The van der Waals surface area contributed by atoms with Gasteiger partial charge in [-0.2, -0.15) is 0 Å². The Morgan fingerprint density at radius 3 is 2.50 bits per heavy atom. The van der Waals surface area contributed by atoms with E-state index in [-0.39, 0.29) is 6.61 Å². The van der Waals surface area contributed by atoms with Crippen LogP contribution in [0.5, 0.6) is 0 Å². The summed E-state index contributed by atoms with van der Waals surface area (Å²) >= 11 is 1.33. The van der Waals surface area contributed by atoms with Gasteiger partial charge in [0.25, 0.3) is 0 Å². The standard InChI is InChI=1S/C12H21NO3S2/c1-9(2)5-6-13(4)18(15,16)12-7-11(8-14)17-10(12)3/h7,9,14H,5-6,8H2,1-4H3. The lowest BCUT2D eigenvalue weighted by molar-refractivity contribution is 0.285. The van der Waals surface area contributed by atoms with E-state index in [0.29, 0.717) is 22.2 Å². The third kappa shape index (κ3) is 3.54. The Balaban J connectivity index is 2.94. The summed E-state index contributed by atoms with van der Waals surface area (Å²) in [4.78, 5) is 1.74. The molecule has 6 heteroatoms. The van der Waals surface area contributed by atoms with Gasteiger partial charge in [0.15, 0.2) is 0 Å². The topological polar surface area (TPSA) is 57.6 Å². The van der Waals surface area contributed by atoms with Crippen LogP contribution in [0.25, 0.3) is 0 Å². The highest BCUT2D eigenvalue weighted by molar-refractivity contribution is 7.89. The van der Waals surface area contributed by atoms with Crippen LogP contribution in [-0.2, 0) is 16.6 Å². The van der Waals surface area contributed by atoms with Crippen molar-refractivity contribution >= 4 is 21.4 Å². The van der Waals surface area contributed by atoms with Crippen molar-refractivity contribution in [2.45, 2.75) is 38.7 Å². The van der Waals surface area contributed by atoms with Crippen LogP contribution in [0.4, 0.5) is 0 Å². The molecule has 1 aromatic rings. The molecular formula is C12H21NO3S2. The second kappa shape index (κ2) is 6.14. The SMILES string of the molecule is Cc1sc(CO)cc1S(=O)(=O)N(C)CCC(C)C. The first-order chi connectivity index (χ1) is 8.28. The van der Waals surface area contributed by atoms with Crippen LogP contribution in [0.3, 0.4) is 0 Å². The van der Waals surface area contributed by atoms with Crippen LogP contribution in [0.15, 0.2) is 11.0 Å². The van der Waals surface area contributed by atoms with Crippen molar-refractivity contribution < 1.29 is 13.5 Å². The van der Waals surface area contributed by atoms with Gasteiger partial charge >= 0.3 is 0 Å². The van der Waals surface area contributed by atoms with Gasteiger partial charge < -0.3 is 5.11 Å². The molecule has 0 bridgehead atoms. The van der Waals surface area contributed by atoms with Gasteiger partial charge in [-0.15, -0.1) is 11.3 Å². The second-order valence-electron chi connectivity index (χ2n) is 4.80. The minimum atomic E-state index is -3.42. The highest BCUT2D eigenvalue weighted by Crippen LogP contribution is 2.28. The van der Waals surface area contributed by atoms with Gasteiger partial charge in [0, 0.05) is 23.3 Å². The summed E-state index contributed by atoms with van der Waals surface area (Å²) in [6.45, 7) is 6.31. The minimum absolute atomic E-state index is 0.114. The fraction of sp³-hybridized carbons (Fsp3) is 0.667. The average Bonchev–Trinajstić information content (AvgIpc) is 2.67. The number of sulfonamides is 1. The molecule has 4 nitrogen and oxygen atoms in total. The lowest BCUT2D eigenvalue weighted by atomic mass is 10.1. The molecule has 0 fully saturated rings. The molecule has 0 unspecified atom stereocenters. The van der Waals surface area contributed by atoms with Crippen LogP contribution in [-0.4, -0.2) is 31.4 Å². The van der Waals surface area contributed by atoms with E-state index in [1.165, 1.54) is 15.6 Å². The van der Waals surface area contributed by atoms with Crippen LogP contribution >= 0.6 is 11.3 Å². The lowest BCUT2D eigenvalue weighted by Crippen LogP contribution is -2.28. The van der Waals surface area contributed by atoms with Gasteiger partial charge in [-0.3, -0.25) is 0 Å². The van der Waals surface area contributed by atoms with Crippen molar-refractivity contribution in [2.75, 3.05) is 13.6 Å². The fourth-order valence-corrected chi connectivity index (χ4v) is 4.23. The normalized spacial score (nSPS) is 12.6. The van der Waals surface area contributed by atoms with Crippen LogP contribution in [0.2, 0.25) is 0 Å². The van der Waals surface area contributed by atoms with Gasteiger partial charge in [0.05, 0.1) is 11.5 Å². The fourth-order valence-electron chi connectivity index (χ4n) is 1.59. The molecule has 18 heavy (non-hydrogen) atoms. The summed E-state index contributed by atoms with van der Waals surface area (Å²) in [5.41, 5.74) is 0. The molecule has 1 rings (SSSR count). The number of aryl methyl sites for hydroxylation is 1. The Morgan fingerprint density at radius 1 is 1.44 bits per heavy atom. The summed E-state index contributed by atoms with van der Waals surface area (Å²) in [6, 6.07) is 1.57. The summed E-state index contributed by atoms with van der Waals surface area (Å²) in [5, 5.41) is 9.06. The second-order valence-corrected chi connectivity index (χ2v) is 8.15. The van der Waals surface area contributed by atoms with Crippen molar-refractivity contribution in [3.05, 3.63) is 15.8 Å². The molecule has 0 saturated carbocycles. The molecule has 0 aliphatic heterocycles. The van der Waals surface area contributed by atoms with Crippen molar-refractivity contribution in [3.63, 3.8) is 0 Å². The highest BCUT2D eigenvalue weighted by atomic mass is 32.2. The van der Waals surface area contributed by atoms with Gasteiger partial charge in [-0.1, -0.05) is 13.8 Å². The van der Waals surface area contributed by atoms with Crippen molar-refractivity contribution in [1.82, 2.24) is 4.31 Å². The van der Waals surface area contributed by atoms with E-state index < -0.39 is 10.0 Å². The van der Waals surface area contributed by atoms with Crippen LogP contribution in [0, 0.1) is 12.8 Å². The van der Waals surface area contributed by atoms with E-state index in [1.54, 1.807) is 20.0 Å². The molecule has 0 aliphatic carbocycles. The first-order valence-electron chi connectivity index (χ1n) is 5.95. The van der Waals surface area contributed by atoms with Crippen LogP contribution in [0.1, 0.15) is 30.0 Å². The van der Waals surface area contributed by atoms with Gasteiger partial charge in [0.1, 0.15) is 0 Å². The number of hydrogen-bond acceptors (Lipinski definition) is 4. The summed E-state index contributed by atoms with van der Waals surface area (Å²) in [6.07, 6.45) is 0.839. The molecule has 1 aromatic heterocycles. The number of rotatable bonds is 6. The van der Waals surface area contributed by atoms with E-state index in [2.05, 4.69) is 13.8 Å². The Bertz CT molecular complexity index is 491. The molecule has 0 aromatic carbocycles. The third-order valence-corrected chi connectivity index (χ3v) is 5.94. The maximum absolute atomic E-state index is 12.3. The lowest BCUT2D eigenvalue weighted by Gasteiger charge is -2.18. The van der Waals surface area contributed by atoms with E-state index in [0.717, 1.165) is 11.3 Å². The predicted molar refractivity (Wildman–Crippen MR) is 74.2 cm³/mol. The first-order valence-corrected chi connectivity index (χ1v) is 8.21. The number of hydrogen-bond donors (Lipinski definition) is 1. The highest BCUT2D eigenvalue weighted by Gasteiger charge is 2.24. The van der Waals surface area contributed by atoms with Crippen LogP contribution < -0.4 is 0 Å². The minimum Gasteiger partial charge on any atom is -0.391 e. The van der Waals surface area contributed by atoms with E-state index in [9.17, 15) is 8.42 Å². The van der Waals surface area contributed by atoms with E-state index in [4.69, 9.17) is 5.11 Å². The smallest absolute Gasteiger partial charge is 0.243 e. The monoisotopic (exact) mass is 291 g/mol. The molecule has 0 spiro atoms. The van der Waals surface area contributed by atoms with Gasteiger partial charge in [0.2, 0.25) is 10.0 Å². The quantitative estimate of drug-likeness (QED) is 0.874. The molecule has 1 heterocycles. The van der Waals surface area contributed by atoms with E-state index in [1.807, 2.05) is 0 Å². The molecule has 0 radical (unpaired) electrons. The third-order valence-electron chi connectivity index (χ3n) is 2.79. The van der Waals surface area contributed by atoms with Crippen molar-refractivity contribution in [1.29, 1.82) is 0 Å². The maximum Gasteiger partial charge on any atom is 0.243 e. The molecule has 0 atom stereocenters. The summed E-state index contributed by atoms with van der Waals surface area (Å²) < 4.78 is 26.1. The Morgan fingerprint density at radius 2 is 2.06 bits per heavy atom. The Hall–Kier alpha value is -0.430. The van der Waals surface area contributed by atoms with E-state index >= 15 is 0 Å². The number of aliphatic hydroxyl groups is 1. The van der Waals surface area contributed by atoms with Crippen molar-refractivity contribution in [2.24, 2.45) is 5.92 Å². The first kappa shape index (κ1) is 15.6. The zero-order valence-electron chi connectivity index (χ0n) is 11.3. The van der Waals surface area contributed by atoms with Crippen molar-refractivity contribution in [3.8, 4) is 0 Å². The zero-order valence-corrected chi connectivity index (χ0v) is 12.9. The largest absolute Gasteiger partial charge is 0.391 e. The molecule has 0 amide bonds. The molecule has 0 aliphatic rings. The Labute approximate surface area is 113 Å². The number of aliphatic hydroxyl groups excluding tert-OH is 1. The predicted octanol–water partition coefficient (Wildman–Crippen LogP) is 2.22. The molecule has 0 saturated heterocycles. The van der Waals surface area contributed by atoms with Gasteiger partial charge in [-0.05, 0) is 25.3 Å². The number of thiophene rings is 1. The summed E-state index contributed by atoms with van der Waals surface area (Å²) in [7, 11) is -1.82. The summed E-state index contributed by atoms with van der Waals surface area (Å²) in [5.74, 6) is 0.472. The molecule has 104 valence electrons. The average molecular weight is 291 g/mol.